The SMILES string of the molecule is CC1CCN(C(=O)CN)C1C(N)=O. The van der Waals surface area contributed by atoms with Crippen LogP contribution >= 0.6 is 0 Å². The predicted molar refractivity (Wildman–Crippen MR) is 47.5 cm³/mol. The summed E-state index contributed by atoms with van der Waals surface area (Å²) < 4.78 is 0. The number of nitrogens with zero attached hydrogens (tertiary/aromatic N) is 1. The van der Waals surface area contributed by atoms with Crippen molar-refractivity contribution in [2.75, 3.05) is 13.1 Å². The summed E-state index contributed by atoms with van der Waals surface area (Å²) in [6.07, 6.45) is 0.819. The highest BCUT2D eigenvalue weighted by Crippen LogP contribution is 2.23. The molecule has 5 heteroatoms. The Balaban J connectivity index is 2.75. The summed E-state index contributed by atoms with van der Waals surface area (Å²) in [4.78, 5) is 23.8. The quantitative estimate of drug-likeness (QED) is 0.558. The fraction of sp³-hybridized carbons (Fsp3) is 0.750. The second kappa shape index (κ2) is 3.74. The van der Waals surface area contributed by atoms with Gasteiger partial charge in [-0.25, -0.2) is 0 Å². The minimum absolute atomic E-state index is 0.0590. The Morgan fingerprint density at radius 2 is 2.15 bits per heavy atom. The summed E-state index contributed by atoms with van der Waals surface area (Å²) >= 11 is 0. The molecule has 13 heavy (non-hydrogen) atoms. The van der Waals surface area contributed by atoms with E-state index in [-0.39, 0.29) is 18.4 Å². The molecule has 1 heterocycles. The van der Waals surface area contributed by atoms with Crippen molar-refractivity contribution in [3.05, 3.63) is 0 Å². The van der Waals surface area contributed by atoms with Crippen molar-refractivity contribution in [1.29, 1.82) is 0 Å². The van der Waals surface area contributed by atoms with Gasteiger partial charge in [-0.3, -0.25) is 9.59 Å². The summed E-state index contributed by atoms with van der Waals surface area (Å²) in [6.45, 7) is 2.44. The van der Waals surface area contributed by atoms with Crippen LogP contribution < -0.4 is 11.5 Å². The van der Waals surface area contributed by atoms with Crippen molar-refractivity contribution >= 4 is 11.8 Å². The zero-order chi connectivity index (χ0) is 10.0. The molecule has 1 aliphatic rings. The smallest absolute Gasteiger partial charge is 0.240 e. The van der Waals surface area contributed by atoms with Gasteiger partial charge in [0.1, 0.15) is 6.04 Å². The summed E-state index contributed by atoms with van der Waals surface area (Å²) in [5.74, 6) is -0.493. The lowest BCUT2D eigenvalue weighted by molar-refractivity contribution is -0.136. The van der Waals surface area contributed by atoms with Gasteiger partial charge in [0.25, 0.3) is 0 Å². The molecule has 0 radical (unpaired) electrons. The van der Waals surface area contributed by atoms with E-state index in [1.54, 1.807) is 0 Å². The molecule has 1 fully saturated rings. The summed E-state index contributed by atoms with van der Waals surface area (Å²) in [5.41, 5.74) is 10.4. The third-order valence-electron chi connectivity index (χ3n) is 2.49. The molecule has 4 N–H and O–H groups in total. The first kappa shape index (κ1) is 9.98. The van der Waals surface area contributed by atoms with Crippen molar-refractivity contribution in [2.24, 2.45) is 17.4 Å². The first-order chi connectivity index (χ1) is 6.07. The fourth-order valence-corrected chi connectivity index (χ4v) is 1.78. The van der Waals surface area contributed by atoms with Gasteiger partial charge >= 0.3 is 0 Å². The van der Waals surface area contributed by atoms with E-state index in [1.807, 2.05) is 6.92 Å². The summed E-state index contributed by atoms with van der Waals surface area (Å²) in [6, 6.07) is -0.462. The van der Waals surface area contributed by atoms with Gasteiger partial charge in [0.2, 0.25) is 11.8 Å². The molecule has 74 valence electrons. The Morgan fingerprint density at radius 1 is 1.54 bits per heavy atom. The second-order valence-corrected chi connectivity index (χ2v) is 3.40. The van der Waals surface area contributed by atoms with E-state index in [1.165, 1.54) is 4.90 Å². The number of hydrogen-bond acceptors (Lipinski definition) is 3. The molecule has 5 nitrogen and oxygen atoms in total. The van der Waals surface area contributed by atoms with Crippen LogP contribution in [-0.4, -0.2) is 35.8 Å². The van der Waals surface area contributed by atoms with Crippen LogP contribution in [0.2, 0.25) is 0 Å². The highest BCUT2D eigenvalue weighted by atomic mass is 16.2. The van der Waals surface area contributed by atoms with Crippen LogP contribution in [0.15, 0.2) is 0 Å². The molecule has 0 aromatic rings. The first-order valence-corrected chi connectivity index (χ1v) is 4.36. The second-order valence-electron chi connectivity index (χ2n) is 3.40. The first-order valence-electron chi connectivity index (χ1n) is 4.36. The van der Waals surface area contributed by atoms with Crippen molar-refractivity contribution < 1.29 is 9.59 Å². The molecule has 2 unspecified atom stereocenters. The Morgan fingerprint density at radius 3 is 2.62 bits per heavy atom. The predicted octanol–water partition coefficient (Wildman–Crippen LogP) is -1.33. The van der Waals surface area contributed by atoms with Gasteiger partial charge in [-0.1, -0.05) is 6.92 Å². The topological polar surface area (TPSA) is 89.4 Å². The number of amides is 2. The van der Waals surface area contributed by atoms with Gasteiger partial charge in [0, 0.05) is 6.54 Å². The normalized spacial score (nSPS) is 27.7. The number of hydrogen-bond donors (Lipinski definition) is 2. The van der Waals surface area contributed by atoms with Crippen molar-refractivity contribution in [2.45, 2.75) is 19.4 Å². The lowest BCUT2D eigenvalue weighted by Crippen LogP contribution is -2.48. The molecule has 0 aromatic heterocycles. The summed E-state index contributed by atoms with van der Waals surface area (Å²) in [5, 5.41) is 0. The summed E-state index contributed by atoms with van der Waals surface area (Å²) in [7, 11) is 0. The molecule has 0 spiro atoms. The molecule has 0 bridgehead atoms. The van der Waals surface area contributed by atoms with Gasteiger partial charge < -0.3 is 16.4 Å². The highest BCUT2D eigenvalue weighted by molar-refractivity contribution is 5.88. The van der Waals surface area contributed by atoms with E-state index in [4.69, 9.17) is 11.5 Å². The average Bonchev–Trinajstić information content (AvgIpc) is 2.45. The Bertz CT molecular complexity index is 229. The van der Waals surface area contributed by atoms with Crippen LogP contribution in [0, 0.1) is 5.92 Å². The van der Waals surface area contributed by atoms with E-state index in [0.29, 0.717) is 6.54 Å². The molecule has 0 saturated carbocycles. The maximum absolute atomic E-state index is 11.3. The molecule has 1 aliphatic heterocycles. The van der Waals surface area contributed by atoms with Gasteiger partial charge in [0.05, 0.1) is 6.54 Å². The molecule has 1 saturated heterocycles. The zero-order valence-corrected chi connectivity index (χ0v) is 7.69. The maximum atomic E-state index is 11.3. The Hall–Kier alpha value is -1.10. The van der Waals surface area contributed by atoms with Crippen LogP contribution in [0.25, 0.3) is 0 Å². The molecule has 1 rings (SSSR count). The third kappa shape index (κ3) is 1.80. The average molecular weight is 185 g/mol. The molecule has 0 aliphatic carbocycles. The Kier molecular flexibility index (Phi) is 2.87. The number of rotatable bonds is 2. The van der Waals surface area contributed by atoms with Crippen molar-refractivity contribution in [3.8, 4) is 0 Å². The fourth-order valence-electron chi connectivity index (χ4n) is 1.78. The minimum atomic E-state index is -0.462. The number of nitrogens with two attached hydrogens (primary N) is 2. The van der Waals surface area contributed by atoms with Gasteiger partial charge in [-0.15, -0.1) is 0 Å². The van der Waals surface area contributed by atoms with E-state index < -0.39 is 11.9 Å². The molecular formula is C8H15N3O2. The van der Waals surface area contributed by atoms with Gasteiger partial charge in [-0.2, -0.15) is 0 Å². The minimum Gasteiger partial charge on any atom is -0.368 e. The zero-order valence-electron chi connectivity index (χ0n) is 7.69. The van der Waals surface area contributed by atoms with Crippen LogP contribution in [0.4, 0.5) is 0 Å². The lowest BCUT2D eigenvalue weighted by Gasteiger charge is -2.23. The van der Waals surface area contributed by atoms with E-state index in [9.17, 15) is 9.59 Å². The maximum Gasteiger partial charge on any atom is 0.240 e. The van der Waals surface area contributed by atoms with Gasteiger partial charge in [-0.05, 0) is 12.3 Å². The third-order valence-corrected chi connectivity index (χ3v) is 2.49. The molecule has 2 amide bonds. The largest absolute Gasteiger partial charge is 0.368 e. The van der Waals surface area contributed by atoms with E-state index >= 15 is 0 Å². The van der Waals surface area contributed by atoms with E-state index in [2.05, 4.69) is 0 Å². The molecule has 0 aromatic carbocycles. The number of primary amides is 1. The molecule has 2 atom stereocenters. The van der Waals surface area contributed by atoms with Crippen molar-refractivity contribution in [1.82, 2.24) is 4.90 Å². The number of carbonyl (C=O) groups is 2. The Labute approximate surface area is 77.1 Å². The lowest BCUT2D eigenvalue weighted by atomic mass is 10.0. The van der Waals surface area contributed by atoms with Gasteiger partial charge in [0.15, 0.2) is 0 Å². The molecular weight excluding hydrogens is 170 g/mol. The monoisotopic (exact) mass is 185 g/mol. The van der Waals surface area contributed by atoms with Crippen molar-refractivity contribution in [3.63, 3.8) is 0 Å². The van der Waals surface area contributed by atoms with E-state index in [0.717, 1.165) is 6.42 Å². The number of likely N-dealkylation sites (tertiary alicyclic amines) is 1. The highest BCUT2D eigenvalue weighted by Gasteiger charge is 2.37. The van der Waals surface area contributed by atoms with Crippen LogP contribution in [0.3, 0.4) is 0 Å². The van der Waals surface area contributed by atoms with Crippen LogP contribution in [0.5, 0.6) is 0 Å². The number of carbonyl (C=O) groups excluding carboxylic acids is 2. The standard InChI is InChI=1S/C8H15N3O2/c1-5-2-3-11(6(12)4-9)7(5)8(10)13/h5,7H,2-4,9H2,1H3,(H2,10,13). The van der Waals surface area contributed by atoms with Crippen LogP contribution in [-0.2, 0) is 9.59 Å². The van der Waals surface area contributed by atoms with Crippen LogP contribution in [0.1, 0.15) is 13.3 Å².